The van der Waals surface area contributed by atoms with Gasteiger partial charge in [0, 0.05) is 47.0 Å². The van der Waals surface area contributed by atoms with Crippen LogP contribution >= 0.6 is 0 Å². The van der Waals surface area contributed by atoms with E-state index in [0.717, 1.165) is 77.4 Å². The van der Waals surface area contributed by atoms with Gasteiger partial charge in [-0.15, -0.1) is 0 Å². The van der Waals surface area contributed by atoms with Gasteiger partial charge in [0.25, 0.3) is 0 Å². The van der Waals surface area contributed by atoms with Crippen LogP contribution in [0.4, 0.5) is 0 Å². The van der Waals surface area contributed by atoms with E-state index in [2.05, 4.69) is 123 Å². The number of hydrogen-bond donors (Lipinski definition) is 0. The topological polar surface area (TPSA) is 77.8 Å². The van der Waals surface area contributed by atoms with Crippen molar-refractivity contribution in [3.63, 3.8) is 0 Å². The van der Waals surface area contributed by atoms with Crippen LogP contribution in [0.3, 0.4) is 0 Å². The van der Waals surface area contributed by atoms with E-state index in [1.54, 1.807) is 12.5 Å². The van der Waals surface area contributed by atoms with E-state index < -0.39 is 0 Å². The average molecular weight is 619 g/mol. The molecule has 9 aromatic rings. The second-order valence-electron chi connectivity index (χ2n) is 11.7. The minimum absolute atomic E-state index is 0.740. The standard InChI is InChI=1S/C42H26N4O2/c1-2-7-27(8-3-1)28-9-6-10-29(15-28)30-13-14-37-38(18-30)42(34-17-32(20-44-22-34)40-24-48-26-46-40)36-12-5-4-11-35(36)41(37)33-16-31(19-43-21-33)39-23-47-25-45-39/h1-26H. The fourth-order valence-electron chi connectivity index (χ4n) is 6.63. The first-order valence-corrected chi connectivity index (χ1v) is 15.6. The van der Waals surface area contributed by atoms with Gasteiger partial charge in [-0.2, -0.15) is 0 Å². The second-order valence-corrected chi connectivity index (χ2v) is 11.7. The lowest BCUT2D eigenvalue weighted by molar-refractivity contribution is 0.558. The van der Waals surface area contributed by atoms with Gasteiger partial charge >= 0.3 is 0 Å². The molecule has 5 aromatic carbocycles. The first kappa shape index (κ1) is 27.6. The van der Waals surface area contributed by atoms with E-state index >= 15 is 0 Å². The predicted octanol–water partition coefficient (Wildman–Crippen LogP) is 10.8. The molecule has 0 unspecified atom stereocenters. The van der Waals surface area contributed by atoms with Crippen molar-refractivity contribution in [3.8, 4) is 67.0 Å². The molecule has 0 saturated carbocycles. The van der Waals surface area contributed by atoms with Gasteiger partial charge in [0.1, 0.15) is 23.9 Å². The van der Waals surface area contributed by atoms with Crippen molar-refractivity contribution < 1.29 is 8.83 Å². The van der Waals surface area contributed by atoms with Crippen LogP contribution in [-0.2, 0) is 0 Å². The van der Waals surface area contributed by atoms with Crippen LogP contribution in [0.15, 0.2) is 168 Å². The minimum Gasteiger partial charge on any atom is -0.451 e. The molecular formula is C42H26N4O2. The van der Waals surface area contributed by atoms with Crippen molar-refractivity contribution in [3.05, 3.63) is 159 Å². The Hall–Kier alpha value is -6.66. The maximum atomic E-state index is 5.31. The summed E-state index contributed by atoms with van der Waals surface area (Å²) in [5.74, 6) is 0. The summed E-state index contributed by atoms with van der Waals surface area (Å²) in [6, 6.07) is 38.8. The fourth-order valence-corrected chi connectivity index (χ4v) is 6.63. The number of aromatic nitrogens is 4. The number of nitrogens with zero attached hydrogens (tertiary/aromatic N) is 4. The summed E-state index contributed by atoms with van der Waals surface area (Å²) in [4.78, 5) is 18.1. The highest BCUT2D eigenvalue weighted by molar-refractivity contribution is 6.22. The van der Waals surface area contributed by atoms with E-state index in [1.165, 1.54) is 23.9 Å². The Morgan fingerprint density at radius 1 is 0.354 bits per heavy atom. The van der Waals surface area contributed by atoms with Crippen LogP contribution < -0.4 is 0 Å². The smallest absolute Gasteiger partial charge is 0.181 e. The van der Waals surface area contributed by atoms with Gasteiger partial charge in [0.15, 0.2) is 12.8 Å². The van der Waals surface area contributed by atoms with E-state index in [9.17, 15) is 0 Å². The third-order valence-corrected chi connectivity index (χ3v) is 8.84. The predicted molar refractivity (Wildman–Crippen MR) is 190 cm³/mol. The van der Waals surface area contributed by atoms with E-state index in [-0.39, 0.29) is 0 Å². The summed E-state index contributed by atoms with van der Waals surface area (Å²) < 4.78 is 10.6. The maximum absolute atomic E-state index is 5.31. The second kappa shape index (κ2) is 11.6. The molecule has 6 nitrogen and oxygen atoms in total. The molecule has 0 aliphatic rings. The van der Waals surface area contributed by atoms with Crippen LogP contribution in [0.5, 0.6) is 0 Å². The zero-order valence-electron chi connectivity index (χ0n) is 25.6. The summed E-state index contributed by atoms with van der Waals surface area (Å²) in [6.07, 6.45) is 13.7. The summed E-state index contributed by atoms with van der Waals surface area (Å²) >= 11 is 0. The van der Waals surface area contributed by atoms with E-state index in [0.29, 0.717) is 0 Å². The van der Waals surface area contributed by atoms with Crippen molar-refractivity contribution >= 4 is 21.5 Å². The molecule has 4 aromatic heterocycles. The Morgan fingerprint density at radius 2 is 0.833 bits per heavy atom. The number of fused-ring (bicyclic) bond motifs is 2. The van der Waals surface area contributed by atoms with Gasteiger partial charge in [0.2, 0.25) is 0 Å². The van der Waals surface area contributed by atoms with Crippen LogP contribution in [0.2, 0.25) is 0 Å². The molecule has 48 heavy (non-hydrogen) atoms. The summed E-state index contributed by atoms with van der Waals surface area (Å²) in [6.45, 7) is 0. The number of rotatable bonds is 6. The zero-order valence-corrected chi connectivity index (χ0v) is 25.6. The summed E-state index contributed by atoms with van der Waals surface area (Å²) in [7, 11) is 0. The quantitative estimate of drug-likeness (QED) is 0.173. The fraction of sp³-hybridized carbons (Fsp3) is 0. The third-order valence-electron chi connectivity index (χ3n) is 8.84. The highest BCUT2D eigenvalue weighted by atomic mass is 16.3. The van der Waals surface area contributed by atoms with Crippen molar-refractivity contribution in [2.24, 2.45) is 0 Å². The molecule has 0 radical (unpaired) electrons. The molecule has 9 rings (SSSR count). The molecule has 226 valence electrons. The molecule has 0 aliphatic carbocycles. The van der Waals surface area contributed by atoms with Gasteiger partial charge in [-0.05, 0) is 79.2 Å². The number of oxazole rings is 2. The molecule has 4 heterocycles. The molecule has 0 spiro atoms. The molecule has 0 amide bonds. The van der Waals surface area contributed by atoms with Crippen LogP contribution in [0, 0.1) is 0 Å². The van der Waals surface area contributed by atoms with Crippen molar-refractivity contribution in [2.75, 3.05) is 0 Å². The van der Waals surface area contributed by atoms with Crippen LogP contribution in [0.25, 0.3) is 88.6 Å². The largest absolute Gasteiger partial charge is 0.451 e. The molecule has 0 N–H and O–H groups in total. The lowest BCUT2D eigenvalue weighted by atomic mass is 9.85. The molecule has 0 saturated heterocycles. The monoisotopic (exact) mass is 618 g/mol. The molecule has 0 fully saturated rings. The zero-order chi connectivity index (χ0) is 31.9. The highest BCUT2D eigenvalue weighted by Gasteiger charge is 2.19. The Balaban J connectivity index is 1.33. The SMILES string of the molecule is c1ccc(-c2cccc(-c3ccc4c(-c5cncc(-c6cocn6)c5)c5ccccc5c(-c5cncc(-c6cocn6)c5)c4c3)c2)cc1. The van der Waals surface area contributed by atoms with Crippen LogP contribution in [-0.4, -0.2) is 19.9 Å². The normalized spacial score (nSPS) is 11.3. The number of benzene rings is 5. The van der Waals surface area contributed by atoms with Crippen molar-refractivity contribution in [1.29, 1.82) is 0 Å². The summed E-state index contributed by atoms with van der Waals surface area (Å²) in [5, 5.41) is 4.45. The van der Waals surface area contributed by atoms with E-state index in [1.807, 2.05) is 30.9 Å². The first-order chi connectivity index (χ1) is 23.8. The lowest BCUT2D eigenvalue weighted by Crippen LogP contribution is -1.94. The van der Waals surface area contributed by atoms with Gasteiger partial charge in [-0.25, -0.2) is 9.97 Å². The maximum Gasteiger partial charge on any atom is 0.181 e. The Kier molecular flexibility index (Phi) is 6.68. The Morgan fingerprint density at radius 3 is 1.44 bits per heavy atom. The average Bonchev–Trinajstić information content (AvgIpc) is 3.90. The molecule has 0 aliphatic heterocycles. The highest BCUT2D eigenvalue weighted by Crippen LogP contribution is 2.45. The van der Waals surface area contributed by atoms with Gasteiger partial charge in [0.05, 0.1) is 0 Å². The number of hydrogen-bond acceptors (Lipinski definition) is 6. The molecule has 0 atom stereocenters. The Bertz CT molecular complexity index is 2560. The summed E-state index contributed by atoms with van der Waals surface area (Å²) in [5.41, 5.74) is 12.1. The molecule has 6 heteroatoms. The van der Waals surface area contributed by atoms with Gasteiger partial charge in [-0.3, -0.25) is 9.97 Å². The van der Waals surface area contributed by atoms with Crippen molar-refractivity contribution in [2.45, 2.75) is 0 Å². The molecule has 0 bridgehead atoms. The van der Waals surface area contributed by atoms with Crippen LogP contribution in [0.1, 0.15) is 0 Å². The van der Waals surface area contributed by atoms with Crippen molar-refractivity contribution in [1.82, 2.24) is 19.9 Å². The first-order valence-electron chi connectivity index (χ1n) is 15.6. The molecular weight excluding hydrogens is 592 g/mol. The minimum atomic E-state index is 0.740. The van der Waals surface area contributed by atoms with Gasteiger partial charge in [-0.1, -0.05) is 84.9 Å². The van der Waals surface area contributed by atoms with Gasteiger partial charge < -0.3 is 8.83 Å². The lowest BCUT2D eigenvalue weighted by Gasteiger charge is -2.19. The number of pyridine rings is 2. The van der Waals surface area contributed by atoms with E-state index in [4.69, 9.17) is 8.83 Å². The Labute approximate surface area is 276 Å². The third kappa shape index (κ3) is 4.84.